The molecule has 1 aliphatic heterocycles. The topological polar surface area (TPSA) is 89.9 Å². The fourth-order valence-electron chi connectivity index (χ4n) is 3.00. The number of amides is 2. The highest BCUT2D eigenvalue weighted by Gasteiger charge is 2.35. The molecule has 1 saturated carbocycles. The van der Waals surface area contributed by atoms with Crippen LogP contribution in [0.3, 0.4) is 0 Å². The minimum Gasteiger partial charge on any atom is -0.481 e. The number of aliphatic carboxylic acids is 1. The Hall–Kier alpha value is -1.30. The van der Waals surface area contributed by atoms with Crippen molar-refractivity contribution in [1.82, 2.24) is 10.2 Å². The normalized spacial score (nSPS) is 28.4. The van der Waals surface area contributed by atoms with E-state index in [1.54, 1.807) is 4.90 Å². The molecule has 0 aromatic rings. The van der Waals surface area contributed by atoms with Crippen molar-refractivity contribution in [3.8, 4) is 0 Å². The number of carbonyl (C=O) groups is 2. The molecule has 0 radical (unpaired) electrons. The van der Waals surface area contributed by atoms with Crippen LogP contribution < -0.4 is 5.32 Å². The van der Waals surface area contributed by atoms with E-state index in [1.807, 2.05) is 0 Å². The molecule has 2 atom stereocenters. The molecule has 0 aromatic carbocycles. The SMILES string of the molecule is O=C(O)C1CCCC1NC(=O)N1CCC(CO)CC1. The Labute approximate surface area is 112 Å². The van der Waals surface area contributed by atoms with Crippen LogP contribution in [0.4, 0.5) is 4.79 Å². The minimum atomic E-state index is -0.818. The number of piperidine rings is 1. The lowest BCUT2D eigenvalue weighted by atomic mass is 9.98. The molecule has 1 saturated heterocycles. The van der Waals surface area contributed by atoms with E-state index >= 15 is 0 Å². The lowest BCUT2D eigenvalue weighted by Gasteiger charge is -2.32. The standard InChI is InChI=1S/C13H22N2O4/c16-8-9-4-6-15(7-5-9)13(19)14-11-3-1-2-10(11)12(17)18/h9-11,16H,1-8H2,(H,14,19)(H,17,18). The second kappa shape index (κ2) is 6.23. The van der Waals surface area contributed by atoms with E-state index in [0.717, 1.165) is 25.7 Å². The maximum Gasteiger partial charge on any atom is 0.317 e. The van der Waals surface area contributed by atoms with Crippen molar-refractivity contribution in [3.63, 3.8) is 0 Å². The molecular formula is C13H22N2O4. The van der Waals surface area contributed by atoms with Crippen LogP contribution in [-0.2, 0) is 4.79 Å². The van der Waals surface area contributed by atoms with Crippen LogP contribution in [0.25, 0.3) is 0 Å². The largest absolute Gasteiger partial charge is 0.481 e. The van der Waals surface area contributed by atoms with E-state index in [1.165, 1.54) is 0 Å². The molecule has 108 valence electrons. The van der Waals surface area contributed by atoms with E-state index < -0.39 is 11.9 Å². The van der Waals surface area contributed by atoms with Crippen LogP contribution in [0.1, 0.15) is 32.1 Å². The van der Waals surface area contributed by atoms with E-state index in [2.05, 4.69) is 5.32 Å². The van der Waals surface area contributed by atoms with Crippen molar-refractivity contribution in [2.75, 3.05) is 19.7 Å². The van der Waals surface area contributed by atoms with Gasteiger partial charge in [-0.25, -0.2) is 4.79 Å². The first-order valence-electron chi connectivity index (χ1n) is 7.01. The summed E-state index contributed by atoms with van der Waals surface area (Å²) in [4.78, 5) is 24.9. The second-order valence-corrected chi connectivity index (χ2v) is 5.54. The van der Waals surface area contributed by atoms with E-state index in [4.69, 9.17) is 10.2 Å². The molecule has 0 spiro atoms. The van der Waals surface area contributed by atoms with Gasteiger partial charge in [-0.15, -0.1) is 0 Å². The van der Waals surface area contributed by atoms with Crippen LogP contribution in [0.5, 0.6) is 0 Å². The van der Waals surface area contributed by atoms with Crippen LogP contribution in [0.15, 0.2) is 0 Å². The van der Waals surface area contributed by atoms with Gasteiger partial charge in [0.15, 0.2) is 0 Å². The van der Waals surface area contributed by atoms with Gasteiger partial charge < -0.3 is 20.4 Å². The van der Waals surface area contributed by atoms with Gasteiger partial charge in [-0.1, -0.05) is 6.42 Å². The average Bonchev–Trinajstić information content (AvgIpc) is 2.87. The molecule has 3 N–H and O–H groups in total. The summed E-state index contributed by atoms with van der Waals surface area (Å²) in [6, 6.07) is -0.393. The highest BCUT2D eigenvalue weighted by Crippen LogP contribution is 2.26. The summed E-state index contributed by atoms with van der Waals surface area (Å²) in [5.41, 5.74) is 0. The molecule has 2 amide bonds. The van der Waals surface area contributed by atoms with Gasteiger partial charge in [-0.3, -0.25) is 4.79 Å². The molecule has 0 aromatic heterocycles. The van der Waals surface area contributed by atoms with Crippen LogP contribution in [0, 0.1) is 11.8 Å². The van der Waals surface area contributed by atoms with E-state index in [0.29, 0.717) is 25.4 Å². The fraction of sp³-hybridized carbons (Fsp3) is 0.846. The number of rotatable bonds is 3. The number of nitrogens with zero attached hydrogens (tertiary/aromatic N) is 1. The Kier molecular flexibility index (Phi) is 4.63. The summed E-state index contributed by atoms with van der Waals surface area (Å²) in [6.07, 6.45) is 3.88. The predicted octanol–water partition coefficient (Wildman–Crippen LogP) is 0.654. The third-order valence-corrected chi connectivity index (χ3v) is 4.30. The molecule has 0 bridgehead atoms. The first-order chi connectivity index (χ1) is 9.11. The molecule has 2 fully saturated rings. The zero-order chi connectivity index (χ0) is 13.8. The second-order valence-electron chi connectivity index (χ2n) is 5.54. The Balaban J connectivity index is 1.82. The molecule has 19 heavy (non-hydrogen) atoms. The van der Waals surface area contributed by atoms with Crippen LogP contribution in [-0.4, -0.2) is 52.9 Å². The zero-order valence-electron chi connectivity index (χ0n) is 11.0. The Morgan fingerprint density at radius 1 is 1.16 bits per heavy atom. The molecular weight excluding hydrogens is 248 g/mol. The molecule has 2 aliphatic rings. The lowest BCUT2D eigenvalue weighted by Crippen LogP contribution is -2.49. The van der Waals surface area contributed by atoms with Gasteiger partial charge in [-0.05, 0) is 31.6 Å². The Bertz CT molecular complexity index is 340. The van der Waals surface area contributed by atoms with Gasteiger partial charge in [0.2, 0.25) is 0 Å². The van der Waals surface area contributed by atoms with Gasteiger partial charge in [0.1, 0.15) is 0 Å². The number of carbonyl (C=O) groups excluding carboxylic acids is 1. The highest BCUT2D eigenvalue weighted by atomic mass is 16.4. The smallest absolute Gasteiger partial charge is 0.317 e. The van der Waals surface area contributed by atoms with Crippen LogP contribution >= 0.6 is 0 Å². The van der Waals surface area contributed by atoms with Gasteiger partial charge in [0.05, 0.1) is 5.92 Å². The summed E-state index contributed by atoms with van der Waals surface area (Å²) in [7, 11) is 0. The fourth-order valence-corrected chi connectivity index (χ4v) is 3.00. The lowest BCUT2D eigenvalue weighted by molar-refractivity contribution is -0.142. The number of hydrogen-bond donors (Lipinski definition) is 3. The van der Waals surface area contributed by atoms with Crippen LogP contribution in [0.2, 0.25) is 0 Å². The minimum absolute atomic E-state index is 0.158. The van der Waals surface area contributed by atoms with Gasteiger partial charge >= 0.3 is 12.0 Å². The Morgan fingerprint density at radius 3 is 2.42 bits per heavy atom. The van der Waals surface area contributed by atoms with Gasteiger partial charge in [-0.2, -0.15) is 0 Å². The molecule has 1 heterocycles. The van der Waals surface area contributed by atoms with Crippen molar-refractivity contribution in [2.24, 2.45) is 11.8 Å². The zero-order valence-corrected chi connectivity index (χ0v) is 11.0. The summed E-state index contributed by atoms with van der Waals surface area (Å²) in [5.74, 6) is -0.969. The van der Waals surface area contributed by atoms with E-state index in [9.17, 15) is 9.59 Å². The molecule has 6 heteroatoms. The molecule has 2 rings (SSSR count). The molecule has 6 nitrogen and oxygen atoms in total. The van der Waals surface area contributed by atoms with Crippen molar-refractivity contribution >= 4 is 12.0 Å². The number of carboxylic acids is 1. The quantitative estimate of drug-likeness (QED) is 0.702. The number of nitrogens with one attached hydrogen (secondary N) is 1. The number of likely N-dealkylation sites (tertiary alicyclic amines) is 1. The summed E-state index contributed by atoms with van der Waals surface area (Å²) in [5, 5.41) is 21.0. The molecule has 2 unspecified atom stereocenters. The van der Waals surface area contributed by atoms with E-state index in [-0.39, 0.29) is 18.7 Å². The predicted molar refractivity (Wildman–Crippen MR) is 68.7 cm³/mol. The number of aliphatic hydroxyl groups is 1. The maximum absolute atomic E-state index is 12.1. The molecule has 1 aliphatic carbocycles. The maximum atomic E-state index is 12.1. The number of urea groups is 1. The van der Waals surface area contributed by atoms with Crippen molar-refractivity contribution in [3.05, 3.63) is 0 Å². The third kappa shape index (κ3) is 3.37. The number of hydrogen-bond acceptors (Lipinski definition) is 3. The average molecular weight is 270 g/mol. The summed E-state index contributed by atoms with van der Waals surface area (Å²) < 4.78 is 0. The van der Waals surface area contributed by atoms with Gasteiger partial charge in [0, 0.05) is 25.7 Å². The van der Waals surface area contributed by atoms with Crippen molar-refractivity contribution in [2.45, 2.75) is 38.1 Å². The first kappa shape index (κ1) is 14.1. The third-order valence-electron chi connectivity index (χ3n) is 4.30. The first-order valence-corrected chi connectivity index (χ1v) is 7.01. The highest BCUT2D eigenvalue weighted by molar-refractivity contribution is 5.77. The summed E-state index contributed by atoms with van der Waals surface area (Å²) in [6.45, 7) is 1.46. The number of carboxylic acid groups (broad SMARTS) is 1. The Morgan fingerprint density at radius 2 is 1.84 bits per heavy atom. The monoisotopic (exact) mass is 270 g/mol. The van der Waals surface area contributed by atoms with Crippen molar-refractivity contribution < 1.29 is 19.8 Å². The van der Waals surface area contributed by atoms with Gasteiger partial charge in [0.25, 0.3) is 0 Å². The summed E-state index contributed by atoms with van der Waals surface area (Å²) >= 11 is 0. The van der Waals surface area contributed by atoms with Crippen molar-refractivity contribution in [1.29, 1.82) is 0 Å². The number of aliphatic hydroxyl groups excluding tert-OH is 1.